The molecule has 36 heavy (non-hydrogen) atoms. The SMILES string of the molecule is Cc1ncc(COc2ccccc2O[P+]([O-])=N[C@@H](Cc2ccccc2)C(=O)OC(C)C)c(C=O)c1O. The van der Waals surface area contributed by atoms with E-state index in [1.165, 1.54) is 6.20 Å². The fourth-order valence-electron chi connectivity index (χ4n) is 3.24. The van der Waals surface area contributed by atoms with Crippen LogP contribution in [0.5, 0.6) is 17.2 Å². The molecular weight excluding hydrogens is 483 g/mol. The minimum atomic E-state index is -2.66. The summed E-state index contributed by atoms with van der Waals surface area (Å²) in [4.78, 5) is 40.9. The fraction of sp³-hybridized carbons (Fsp3) is 0.269. The first-order valence-corrected chi connectivity index (χ1v) is 12.4. The topological polar surface area (TPSA) is 130 Å². The molecule has 1 heterocycles. The van der Waals surface area contributed by atoms with Crippen molar-refractivity contribution < 1.29 is 33.6 Å². The van der Waals surface area contributed by atoms with Gasteiger partial charge in [0.25, 0.3) is 0 Å². The summed E-state index contributed by atoms with van der Waals surface area (Å²) in [7, 11) is -2.66. The Morgan fingerprint density at radius 2 is 1.81 bits per heavy atom. The van der Waals surface area contributed by atoms with Crippen LogP contribution in [0.3, 0.4) is 0 Å². The number of aromatic hydroxyl groups is 1. The van der Waals surface area contributed by atoms with Crippen molar-refractivity contribution in [3.8, 4) is 17.2 Å². The number of aldehydes is 1. The van der Waals surface area contributed by atoms with E-state index in [1.807, 2.05) is 30.3 Å². The Kier molecular flexibility index (Phi) is 9.50. The Morgan fingerprint density at radius 1 is 1.14 bits per heavy atom. The van der Waals surface area contributed by atoms with Gasteiger partial charge in [-0.2, -0.15) is 0 Å². The minimum Gasteiger partial charge on any atom is -0.575 e. The number of ether oxygens (including phenoxy) is 2. The zero-order chi connectivity index (χ0) is 26.1. The van der Waals surface area contributed by atoms with E-state index in [-0.39, 0.29) is 41.9 Å². The molecular formula is C26H27N2O7P. The van der Waals surface area contributed by atoms with E-state index >= 15 is 0 Å². The molecule has 3 rings (SSSR count). The van der Waals surface area contributed by atoms with Gasteiger partial charge in [0.1, 0.15) is 12.4 Å². The van der Waals surface area contributed by atoms with Crippen LogP contribution in [0, 0.1) is 6.92 Å². The maximum absolute atomic E-state index is 12.8. The predicted octanol–water partition coefficient (Wildman–Crippen LogP) is 4.28. The average molecular weight is 510 g/mol. The van der Waals surface area contributed by atoms with Crippen molar-refractivity contribution in [1.29, 1.82) is 0 Å². The second-order valence-corrected chi connectivity index (χ2v) is 9.01. The summed E-state index contributed by atoms with van der Waals surface area (Å²) in [6.45, 7) is 4.93. The molecule has 0 aliphatic carbocycles. The summed E-state index contributed by atoms with van der Waals surface area (Å²) in [5.41, 5.74) is 1.61. The van der Waals surface area contributed by atoms with E-state index in [0.717, 1.165) is 5.56 Å². The number of benzene rings is 2. The van der Waals surface area contributed by atoms with E-state index in [1.54, 1.807) is 45.0 Å². The molecule has 2 aromatic carbocycles. The van der Waals surface area contributed by atoms with Gasteiger partial charge in [0.15, 0.2) is 18.1 Å². The van der Waals surface area contributed by atoms with Crippen molar-refractivity contribution in [2.45, 2.75) is 45.9 Å². The quantitative estimate of drug-likeness (QED) is 0.230. The van der Waals surface area contributed by atoms with Crippen LogP contribution in [-0.2, 0) is 22.6 Å². The van der Waals surface area contributed by atoms with Crippen LogP contribution in [0.1, 0.15) is 41.0 Å². The molecule has 0 saturated carbocycles. The molecule has 0 saturated heterocycles. The van der Waals surface area contributed by atoms with Crippen molar-refractivity contribution in [3.05, 3.63) is 83.2 Å². The van der Waals surface area contributed by atoms with Crippen LogP contribution in [0.4, 0.5) is 0 Å². The number of aryl methyl sites for hydroxylation is 1. The molecule has 0 aliphatic heterocycles. The van der Waals surface area contributed by atoms with Gasteiger partial charge in [0.2, 0.25) is 5.75 Å². The van der Waals surface area contributed by atoms with Gasteiger partial charge in [-0.3, -0.25) is 14.3 Å². The van der Waals surface area contributed by atoms with Gasteiger partial charge in [-0.05, 0) is 38.5 Å². The van der Waals surface area contributed by atoms with Gasteiger partial charge in [0.05, 0.1) is 17.4 Å². The first-order chi connectivity index (χ1) is 17.3. The van der Waals surface area contributed by atoms with Gasteiger partial charge < -0.3 is 19.5 Å². The molecule has 1 unspecified atom stereocenters. The van der Waals surface area contributed by atoms with Crippen molar-refractivity contribution in [3.63, 3.8) is 0 Å². The first-order valence-electron chi connectivity index (χ1n) is 11.2. The van der Waals surface area contributed by atoms with Crippen LogP contribution in [0.15, 0.2) is 65.5 Å². The molecule has 3 aromatic rings. The zero-order valence-electron chi connectivity index (χ0n) is 20.2. The Bertz CT molecular complexity index is 1230. The van der Waals surface area contributed by atoms with Crippen LogP contribution in [-0.4, -0.2) is 34.5 Å². The molecule has 1 N–H and O–H groups in total. The molecule has 0 aliphatic rings. The number of nitrogens with zero attached hydrogens (tertiary/aromatic N) is 2. The monoisotopic (exact) mass is 510 g/mol. The Labute approximate surface area is 210 Å². The second-order valence-electron chi connectivity index (χ2n) is 8.12. The number of carbonyl (C=O) groups excluding carboxylic acids is 2. The molecule has 1 aromatic heterocycles. The van der Waals surface area contributed by atoms with E-state index in [0.29, 0.717) is 17.5 Å². The summed E-state index contributed by atoms with van der Waals surface area (Å²) in [5, 5.41) is 10.1. The van der Waals surface area contributed by atoms with Crippen LogP contribution in [0.2, 0.25) is 0 Å². The molecule has 0 fully saturated rings. The third-order valence-electron chi connectivity index (χ3n) is 5.01. The number of aromatic nitrogens is 1. The van der Waals surface area contributed by atoms with Gasteiger partial charge in [-0.25, -0.2) is 4.79 Å². The summed E-state index contributed by atoms with van der Waals surface area (Å²) >= 11 is 0. The number of esters is 1. The summed E-state index contributed by atoms with van der Waals surface area (Å²) in [6, 6.07) is 14.7. The largest absolute Gasteiger partial charge is 0.575 e. The number of para-hydroxylation sites is 2. The van der Waals surface area contributed by atoms with Crippen LogP contribution < -0.4 is 14.2 Å². The van der Waals surface area contributed by atoms with Gasteiger partial charge in [0, 0.05) is 18.2 Å². The minimum absolute atomic E-state index is 0.0781. The highest BCUT2D eigenvalue weighted by molar-refractivity contribution is 7.34. The van der Waals surface area contributed by atoms with E-state index < -0.39 is 20.2 Å². The lowest BCUT2D eigenvalue weighted by Gasteiger charge is -2.14. The Hall–Kier alpha value is -3.81. The van der Waals surface area contributed by atoms with Crippen molar-refractivity contribution in [1.82, 2.24) is 4.98 Å². The predicted molar refractivity (Wildman–Crippen MR) is 132 cm³/mol. The maximum atomic E-state index is 12.8. The van der Waals surface area contributed by atoms with Crippen molar-refractivity contribution >= 4 is 20.4 Å². The van der Waals surface area contributed by atoms with E-state index in [9.17, 15) is 19.6 Å². The molecule has 10 heteroatoms. The maximum Gasteiger partial charge on any atom is 0.395 e. The number of hydrogen-bond acceptors (Lipinski definition) is 9. The van der Waals surface area contributed by atoms with Gasteiger partial charge in [-0.15, -0.1) is 0 Å². The van der Waals surface area contributed by atoms with E-state index in [2.05, 4.69) is 9.73 Å². The lowest BCUT2D eigenvalue weighted by Crippen LogP contribution is -2.26. The molecule has 188 valence electrons. The number of rotatable bonds is 11. The summed E-state index contributed by atoms with van der Waals surface area (Å²) < 4.78 is 20.7. The number of carbonyl (C=O) groups is 2. The lowest BCUT2D eigenvalue weighted by molar-refractivity contribution is -0.170. The lowest BCUT2D eigenvalue weighted by atomic mass is 10.1. The molecule has 0 spiro atoms. The normalized spacial score (nSPS) is 12.2. The number of hydrogen-bond donors (Lipinski definition) is 1. The first kappa shape index (κ1) is 26.8. The van der Waals surface area contributed by atoms with Gasteiger partial charge >= 0.3 is 14.1 Å². The van der Waals surface area contributed by atoms with Crippen molar-refractivity contribution in [2.75, 3.05) is 0 Å². The smallest absolute Gasteiger partial charge is 0.395 e. The standard InChI is InChI=1S/C26H27N2O7P/c1-17(2)34-26(31)22(13-19-9-5-4-6-10-19)28-36(32)35-24-12-8-7-11-23(24)33-16-20-14-27-18(3)25(30)21(20)15-29/h4-12,14-15,17,22,30H,13,16H2,1-3H3/t22-/m0/s1. The highest BCUT2D eigenvalue weighted by Crippen LogP contribution is 2.34. The van der Waals surface area contributed by atoms with E-state index in [4.69, 9.17) is 14.0 Å². The summed E-state index contributed by atoms with van der Waals surface area (Å²) in [5.74, 6) is -0.444. The molecule has 9 nitrogen and oxygen atoms in total. The molecule has 0 radical (unpaired) electrons. The summed E-state index contributed by atoms with van der Waals surface area (Å²) in [6.07, 6.45) is 1.81. The van der Waals surface area contributed by atoms with Crippen molar-refractivity contribution in [2.24, 2.45) is 4.74 Å². The average Bonchev–Trinajstić information content (AvgIpc) is 2.85. The highest BCUT2D eigenvalue weighted by Gasteiger charge is 2.26. The zero-order valence-corrected chi connectivity index (χ0v) is 21.1. The van der Waals surface area contributed by atoms with Crippen LogP contribution in [0.25, 0.3) is 0 Å². The number of pyridine rings is 1. The Balaban J connectivity index is 1.79. The third-order valence-corrected chi connectivity index (χ3v) is 5.83. The molecule has 0 amide bonds. The molecule has 0 bridgehead atoms. The van der Waals surface area contributed by atoms with Crippen LogP contribution >= 0.6 is 8.17 Å². The third kappa shape index (κ3) is 7.34. The Morgan fingerprint density at radius 3 is 2.47 bits per heavy atom. The second kappa shape index (κ2) is 12.8. The fourth-order valence-corrected chi connectivity index (χ4v) is 4.01. The van der Waals surface area contributed by atoms with Gasteiger partial charge in [-0.1, -0.05) is 47.2 Å². The molecule has 2 atom stereocenters. The highest BCUT2D eigenvalue weighted by atomic mass is 31.1.